The van der Waals surface area contributed by atoms with Crippen molar-refractivity contribution in [3.8, 4) is 0 Å². The van der Waals surface area contributed by atoms with Gasteiger partial charge in [0.1, 0.15) is 0 Å². The van der Waals surface area contributed by atoms with Gasteiger partial charge in [0.2, 0.25) is 5.92 Å². The van der Waals surface area contributed by atoms with Crippen LogP contribution < -0.4 is 0 Å². The molecule has 0 bridgehead atoms. The van der Waals surface area contributed by atoms with Crippen LogP contribution in [0.15, 0.2) is 0 Å². The first-order valence-electron chi connectivity index (χ1n) is 4.55. The minimum Gasteiger partial charge on any atom is -0.381 e. The third-order valence-corrected chi connectivity index (χ3v) is 2.00. The molecule has 12 heavy (non-hydrogen) atoms. The van der Waals surface area contributed by atoms with Crippen molar-refractivity contribution in [3.63, 3.8) is 0 Å². The lowest BCUT2D eigenvalue weighted by atomic mass is 9.94. The van der Waals surface area contributed by atoms with Gasteiger partial charge in [0.15, 0.2) is 0 Å². The zero-order valence-corrected chi connectivity index (χ0v) is 8.07. The molecular formula is C9H18F2O. The molecule has 0 unspecified atom stereocenters. The molecule has 0 spiro atoms. The Labute approximate surface area is 73.1 Å². The van der Waals surface area contributed by atoms with E-state index in [4.69, 9.17) is 4.74 Å². The number of ether oxygens (including phenoxy) is 1. The Hall–Kier alpha value is -0.180. The molecule has 1 rings (SSSR count). The Morgan fingerprint density at radius 1 is 1.17 bits per heavy atom. The SMILES string of the molecule is CC.COC1CCC(F)(F)CC1. The standard InChI is InChI=1S/C7H12F2O.C2H6/c1-10-6-2-4-7(8,9)5-3-6;1-2/h6H,2-5H2,1H3;1-2H3. The van der Waals surface area contributed by atoms with Crippen molar-refractivity contribution in [1.29, 1.82) is 0 Å². The van der Waals surface area contributed by atoms with Crippen LogP contribution in [0.2, 0.25) is 0 Å². The van der Waals surface area contributed by atoms with Crippen LogP contribution in [0.5, 0.6) is 0 Å². The van der Waals surface area contributed by atoms with E-state index in [1.807, 2.05) is 13.8 Å². The number of methoxy groups -OCH3 is 1. The second kappa shape index (κ2) is 5.46. The summed E-state index contributed by atoms with van der Waals surface area (Å²) in [5.41, 5.74) is 0. The zero-order valence-electron chi connectivity index (χ0n) is 8.07. The lowest BCUT2D eigenvalue weighted by Gasteiger charge is -2.26. The van der Waals surface area contributed by atoms with Gasteiger partial charge in [-0.2, -0.15) is 0 Å². The lowest BCUT2D eigenvalue weighted by molar-refractivity contribution is -0.0714. The number of hydrogen-bond donors (Lipinski definition) is 0. The molecule has 0 N–H and O–H groups in total. The third kappa shape index (κ3) is 4.00. The molecule has 0 aromatic rings. The fourth-order valence-electron chi connectivity index (χ4n) is 1.25. The fourth-order valence-corrected chi connectivity index (χ4v) is 1.25. The smallest absolute Gasteiger partial charge is 0.248 e. The molecule has 0 atom stereocenters. The Bertz CT molecular complexity index is 105. The average Bonchev–Trinajstić information content (AvgIpc) is 2.08. The summed E-state index contributed by atoms with van der Waals surface area (Å²) in [6.45, 7) is 4.00. The molecule has 1 aliphatic rings. The van der Waals surface area contributed by atoms with Crippen molar-refractivity contribution in [2.24, 2.45) is 0 Å². The first-order chi connectivity index (χ1) is 5.64. The van der Waals surface area contributed by atoms with E-state index in [2.05, 4.69) is 0 Å². The molecule has 0 aromatic heterocycles. The molecule has 1 nitrogen and oxygen atoms in total. The monoisotopic (exact) mass is 180 g/mol. The summed E-state index contributed by atoms with van der Waals surface area (Å²) in [5, 5.41) is 0. The predicted molar refractivity (Wildman–Crippen MR) is 45.6 cm³/mol. The van der Waals surface area contributed by atoms with E-state index < -0.39 is 5.92 Å². The Kier molecular flexibility index (Phi) is 5.38. The van der Waals surface area contributed by atoms with Crippen LogP contribution in [0.3, 0.4) is 0 Å². The van der Waals surface area contributed by atoms with E-state index in [9.17, 15) is 8.78 Å². The summed E-state index contributed by atoms with van der Waals surface area (Å²) >= 11 is 0. The fraction of sp³-hybridized carbons (Fsp3) is 1.00. The van der Waals surface area contributed by atoms with Gasteiger partial charge < -0.3 is 4.74 Å². The van der Waals surface area contributed by atoms with Gasteiger partial charge >= 0.3 is 0 Å². The van der Waals surface area contributed by atoms with Crippen LogP contribution in [0.25, 0.3) is 0 Å². The number of hydrogen-bond acceptors (Lipinski definition) is 1. The number of halogens is 2. The van der Waals surface area contributed by atoms with Crippen molar-refractivity contribution in [2.75, 3.05) is 7.11 Å². The van der Waals surface area contributed by atoms with Gasteiger partial charge in [-0.25, -0.2) is 8.78 Å². The van der Waals surface area contributed by atoms with Crippen molar-refractivity contribution in [3.05, 3.63) is 0 Å². The number of rotatable bonds is 1. The summed E-state index contributed by atoms with van der Waals surface area (Å²) in [5.74, 6) is -2.42. The Morgan fingerprint density at radius 2 is 1.58 bits per heavy atom. The second-order valence-corrected chi connectivity index (χ2v) is 2.79. The van der Waals surface area contributed by atoms with Crippen LogP contribution in [0.4, 0.5) is 8.78 Å². The van der Waals surface area contributed by atoms with E-state index in [1.54, 1.807) is 7.11 Å². The van der Waals surface area contributed by atoms with Gasteiger partial charge in [0.25, 0.3) is 0 Å². The molecule has 1 saturated carbocycles. The van der Waals surface area contributed by atoms with Crippen LogP contribution >= 0.6 is 0 Å². The van der Waals surface area contributed by atoms with Crippen LogP contribution in [0, 0.1) is 0 Å². The maximum Gasteiger partial charge on any atom is 0.248 e. The first kappa shape index (κ1) is 11.8. The van der Waals surface area contributed by atoms with Gasteiger partial charge in [0, 0.05) is 20.0 Å². The van der Waals surface area contributed by atoms with Crippen LogP contribution in [-0.4, -0.2) is 19.1 Å². The molecule has 0 aromatic carbocycles. The second-order valence-electron chi connectivity index (χ2n) is 2.79. The van der Waals surface area contributed by atoms with Gasteiger partial charge in [-0.1, -0.05) is 13.8 Å². The molecule has 3 heteroatoms. The molecule has 74 valence electrons. The lowest BCUT2D eigenvalue weighted by Crippen LogP contribution is -2.28. The molecule has 0 amide bonds. The quantitative estimate of drug-likeness (QED) is 0.602. The van der Waals surface area contributed by atoms with E-state index >= 15 is 0 Å². The zero-order chi connectivity index (χ0) is 9.61. The van der Waals surface area contributed by atoms with Crippen LogP contribution in [0.1, 0.15) is 39.5 Å². The highest BCUT2D eigenvalue weighted by atomic mass is 19.3. The summed E-state index contributed by atoms with van der Waals surface area (Å²) in [4.78, 5) is 0. The minimum absolute atomic E-state index is 0.00843. The van der Waals surface area contributed by atoms with Gasteiger partial charge in [-0.15, -0.1) is 0 Å². The molecule has 1 fully saturated rings. The predicted octanol–water partition coefficient (Wildman–Crippen LogP) is 3.24. The van der Waals surface area contributed by atoms with Gasteiger partial charge in [-0.05, 0) is 12.8 Å². The van der Waals surface area contributed by atoms with Crippen molar-refractivity contribution >= 4 is 0 Å². The molecule has 0 saturated heterocycles. The van der Waals surface area contributed by atoms with E-state index in [0.717, 1.165) is 0 Å². The molecule has 0 aliphatic heterocycles. The minimum atomic E-state index is -2.42. The number of alkyl halides is 2. The largest absolute Gasteiger partial charge is 0.381 e. The Morgan fingerprint density at radius 3 is 1.92 bits per heavy atom. The van der Waals surface area contributed by atoms with Crippen molar-refractivity contribution < 1.29 is 13.5 Å². The average molecular weight is 180 g/mol. The van der Waals surface area contributed by atoms with E-state index in [1.165, 1.54) is 0 Å². The molecule has 1 aliphatic carbocycles. The highest BCUT2D eigenvalue weighted by Crippen LogP contribution is 2.33. The Balaban J connectivity index is 0.000000561. The summed E-state index contributed by atoms with van der Waals surface area (Å²) in [6, 6.07) is 0. The third-order valence-electron chi connectivity index (χ3n) is 2.00. The normalized spacial score (nSPS) is 22.8. The maximum absolute atomic E-state index is 12.5. The van der Waals surface area contributed by atoms with E-state index in [-0.39, 0.29) is 18.9 Å². The molecule has 0 radical (unpaired) electrons. The maximum atomic E-state index is 12.5. The highest BCUT2D eigenvalue weighted by Gasteiger charge is 2.34. The topological polar surface area (TPSA) is 9.23 Å². The van der Waals surface area contributed by atoms with E-state index in [0.29, 0.717) is 12.8 Å². The summed E-state index contributed by atoms with van der Waals surface area (Å²) in [6.07, 6.45) is 1.06. The van der Waals surface area contributed by atoms with Crippen molar-refractivity contribution in [2.45, 2.75) is 51.6 Å². The molecular weight excluding hydrogens is 162 g/mol. The molecule has 0 heterocycles. The van der Waals surface area contributed by atoms with Gasteiger partial charge in [0.05, 0.1) is 6.10 Å². The first-order valence-corrected chi connectivity index (χ1v) is 4.55. The summed E-state index contributed by atoms with van der Waals surface area (Å²) < 4.78 is 29.9. The van der Waals surface area contributed by atoms with Crippen molar-refractivity contribution in [1.82, 2.24) is 0 Å². The van der Waals surface area contributed by atoms with Gasteiger partial charge in [-0.3, -0.25) is 0 Å². The summed E-state index contributed by atoms with van der Waals surface area (Å²) in [7, 11) is 1.58. The van der Waals surface area contributed by atoms with Crippen LogP contribution in [-0.2, 0) is 4.74 Å². The highest BCUT2D eigenvalue weighted by molar-refractivity contribution is 4.77.